The maximum atomic E-state index is 16.1. The van der Waals surface area contributed by atoms with E-state index < -0.39 is 47.0 Å². The maximum absolute atomic E-state index is 16.1. The summed E-state index contributed by atoms with van der Waals surface area (Å²) in [5, 5.41) is 28.8. The van der Waals surface area contributed by atoms with Crippen LogP contribution in [0.2, 0.25) is 0 Å². The number of halogens is 2. The lowest BCUT2D eigenvalue weighted by atomic mass is 10.1. The van der Waals surface area contributed by atoms with Gasteiger partial charge in [-0.3, -0.25) is 5.41 Å². The highest BCUT2D eigenvalue weighted by Crippen LogP contribution is 2.40. The Labute approximate surface area is 265 Å². The quantitative estimate of drug-likeness (QED) is 0.0852. The van der Waals surface area contributed by atoms with Crippen molar-refractivity contribution in [3.8, 4) is 46.1 Å². The van der Waals surface area contributed by atoms with Gasteiger partial charge in [0, 0.05) is 54.1 Å². The molecule has 0 saturated carbocycles. The zero-order chi connectivity index (χ0) is 33.2. The van der Waals surface area contributed by atoms with Gasteiger partial charge in [0.2, 0.25) is 17.4 Å². The second kappa shape index (κ2) is 12.5. The van der Waals surface area contributed by atoms with Crippen molar-refractivity contribution in [1.82, 2.24) is 19.5 Å². The number of H-pyrrole nitrogens is 1. The predicted molar refractivity (Wildman–Crippen MR) is 166 cm³/mol. The molecule has 3 heterocycles. The number of ether oxygens (including phenoxy) is 3. The molecule has 12 nitrogen and oxygen atoms in total. The average Bonchev–Trinajstić information content (AvgIpc) is 3.67. The topological polar surface area (TPSA) is 182 Å². The minimum absolute atomic E-state index is 0.0791. The number of phenols is 1. The summed E-state index contributed by atoms with van der Waals surface area (Å²) in [4.78, 5) is 23.5. The van der Waals surface area contributed by atoms with Crippen molar-refractivity contribution in [3.63, 3.8) is 0 Å². The molecule has 14 heteroatoms. The Morgan fingerprint density at radius 3 is 2.55 bits per heavy atom. The van der Waals surface area contributed by atoms with Gasteiger partial charge in [0.1, 0.15) is 17.4 Å². The Kier molecular flexibility index (Phi) is 8.14. The van der Waals surface area contributed by atoms with Gasteiger partial charge in [-0.15, -0.1) is 0 Å². The summed E-state index contributed by atoms with van der Waals surface area (Å²) in [7, 11) is 1.79. The molecule has 0 fully saturated rings. The number of para-hydroxylation sites is 1. The number of rotatable bonds is 11. The molecule has 47 heavy (non-hydrogen) atoms. The Morgan fingerprint density at radius 1 is 1.06 bits per heavy atom. The zero-order valence-electron chi connectivity index (χ0n) is 24.6. The summed E-state index contributed by atoms with van der Waals surface area (Å²) in [6.07, 6.45) is 2.90. The first-order valence-corrected chi connectivity index (χ1v) is 14.0. The van der Waals surface area contributed by atoms with Gasteiger partial charge in [0.15, 0.2) is 17.6 Å². The number of aromatic hydroxyl groups is 1. The highest BCUT2D eigenvalue weighted by atomic mass is 19.1. The number of aliphatic carboxylic acids is 1. The van der Waals surface area contributed by atoms with E-state index in [1.807, 2.05) is 0 Å². The molecule has 0 spiro atoms. The van der Waals surface area contributed by atoms with E-state index in [9.17, 15) is 15.0 Å². The number of benzene rings is 3. The van der Waals surface area contributed by atoms with Crippen LogP contribution in [-0.4, -0.2) is 47.6 Å². The van der Waals surface area contributed by atoms with Crippen LogP contribution in [0.25, 0.3) is 22.3 Å². The molecule has 6 rings (SSSR count). The first-order valence-electron chi connectivity index (χ1n) is 14.0. The van der Waals surface area contributed by atoms with E-state index in [4.69, 9.17) is 25.4 Å². The van der Waals surface area contributed by atoms with Crippen LogP contribution in [0.3, 0.4) is 0 Å². The monoisotopic (exact) mass is 640 g/mol. The van der Waals surface area contributed by atoms with Crippen LogP contribution in [0.4, 0.5) is 8.78 Å². The largest absolute Gasteiger partial charge is 0.504 e. The van der Waals surface area contributed by atoms with E-state index >= 15 is 8.78 Å². The lowest BCUT2D eigenvalue weighted by molar-refractivity contribution is -0.145. The molecule has 0 aliphatic rings. The number of aromatic nitrogens is 4. The fourth-order valence-corrected chi connectivity index (χ4v) is 4.86. The van der Waals surface area contributed by atoms with Gasteiger partial charge in [0.25, 0.3) is 11.8 Å². The molecule has 0 aliphatic carbocycles. The van der Waals surface area contributed by atoms with Gasteiger partial charge in [-0.05, 0) is 42.0 Å². The molecule has 1 atom stereocenters. The minimum atomic E-state index is -1.76. The third-order valence-electron chi connectivity index (χ3n) is 7.20. The lowest BCUT2D eigenvalue weighted by Gasteiger charge is -2.19. The average molecular weight is 641 g/mol. The number of amidine groups is 1. The minimum Gasteiger partial charge on any atom is -0.504 e. The van der Waals surface area contributed by atoms with Crippen molar-refractivity contribution in [2.24, 2.45) is 12.8 Å². The number of imidazole rings is 1. The maximum Gasteiger partial charge on any atom is 0.345 e. The number of hydrogen-bond acceptors (Lipinski definition) is 8. The van der Waals surface area contributed by atoms with E-state index in [1.165, 1.54) is 12.1 Å². The van der Waals surface area contributed by atoms with Crippen molar-refractivity contribution in [2.45, 2.75) is 12.5 Å². The molecule has 0 aliphatic heterocycles. The highest BCUT2D eigenvalue weighted by Gasteiger charge is 2.31. The van der Waals surface area contributed by atoms with Crippen LogP contribution < -0.4 is 19.9 Å². The number of aromatic amines is 1. The molecular weight excluding hydrogens is 614 g/mol. The van der Waals surface area contributed by atoms with Crippen molar-refractivity contribution in [1.29, 1.82) is 5.41 Å². The molecule has 3 aromatic carbocycles. The Morgan fingerprint density at radius 2 is 1.83 bits per heavy atom. The number of fused-ring (bicyclic) bond motifs is 1. The first-order chi connectivity index (χ1) is 22.6. The van der Waals surface area contributed by atoms with E-state index in [1.54, 1.807) is 72.7 Å². The molecular formula is C33H26F2N6O6. The summed E-state index contributed by atoms with van der Waals surface area (Å²) >= 11 is 0. The number of hydrogen-bond donors (Lipinski definition) is 5. The Balaban J connectivity index is 1.42. The fourth-order valence-electron chi connectivity index (χ4n) is 4.86. The number of nitrogens with one attached hydrogen (secondary N) is 2. The summed E-state index contributed by atoms with van der Waals surface area (Å²) in [6.45, 7) is 0. The van der Waals surface area contributed by atoms with Crippen LogP contribution in [0.5, 0.6) is 34.8 Å². The predicted octanol–water partition coefficient (Wildman–Crippen LogP) is 5.89. The summed E-state index contributed by atoms with van der Waals surface area (Å²) < 4.78 is 50.6. The lowest BCUT2D eigenvalue weighted by Crippen LogP contribution is -2.30. The number of phenolic OH excluding ortho intramolecular Hbond substituents is 1. The van der Waals surface area contributed by atoms with Crippen LogP contribution in [0.1, 0.15) is 11.1 Å². The molecule has 0 radical (unpaired) electrons. The smallest absolute Gasteiger partial charge is 0.345 e. The number of nitrogen functional groups attached to an aromatic ring is 1. The standard InChI is InChI=1S/C33H26F2N6O6/c1-41-12-11-38-30(41)18-5-4-6-20(13-18)45-31-26(34)28(27(35)32(40-31)47-24-14-17(29(36)37)9-10-23(24)42)46-25(33(43)44)15-19-16-39-22-8-3-2-7-21(19)22/h2-14,16,25,39,42H,15H2,1H3,(H3,36,37)(H,43,44). The molecule has 0 amide bonds. The Hall–Kier alpha value is -6.44. The number of carboxylic acid groups (broad SMARTS) is 1. The number of nitrogens with two attached hydrogens (primary N) is 1. The van der Waals surface area contributed by atoms with Gasteiger partial charge < -0.3 is 39.7 Å². The van der Waals surface area contributed by atoms with E-state index in [-0.39, 0.29) is 29.3 Å². The number of nitrogens with zero attached hydrogens (tertiary/aromatic N) is 3. The van der Waals surface area contributed by atoms with Crippen LogP contribution in [0.15, 0.2) is 85.3 Å². The first kappa shape index (κ1) is 30.6. The molecule has 238 valence electrons. The fraction of sp³-hybridized carbons (Fsp3) is 0.0909. The molecule has 6 N–H and O–H groups in total. The number of carboxylic acids is 1. The molecule has 3 aromatic heterocycles. The molecule has 1 unspecified atom stereocenters. The van der Waals surface area contributed by atoms with Crippen LogP contribution in [-0.2, 0) is 18.3 Å². The molecule has 0 bridgehead atoms. The summed E-state index contributed by atoms with van der Waals surface area (Å²) in [5.74, 6) is -7.87. The van der Waals surface area contributed by atoms with Gasteiger partial charge >= 0.3 is 5.97 Å². The third-order valence-corrected chi connectivity index (χ3v) is 7.20. The van der Waals surface area contributed by atoms with Gasteiger partial charge in [-0.2, -0.15) is 13.8 Å². The number of carbonyl (C=O) groups is 1. The van der Waals surface area contributed by atoms with Crippen molar-refractivity contribution in [3.05, 3.63) is 108 Å². The second-order valence-corrected chi connectivity index (χ2v) is 10.4. The SMILES string of the molecule is Cn1ccnc1-c1cccc(Oc2nc(Oc3cc(C(=N)N)ccc3O)c(F)c(OC(Cc3c[nH]c4ccccc34)C(=O)O)c2F)c1. The van der Waals surface area contributed by atoms with Gasteiger partial charge in [-0.25, -0.2) is 9.78 Å². The summed E-state index contributed by atoms with van der Waals surface area (Å²) in [6, 6.07) is 17.2. The Bertz CT molecular complexity index is 2150. The van der Waals surface area contributed by atoms with Crippen molar-refractivity contribution >= 4 is 22.7 Å². The number of pyridine rings is 1. The second-order valence-electron chi connectivity index (χ2n) is 10.4. The zero-order valence-corrected chi connectivity index (χ0v) is 24.6. The number of aryl methyl sites for hydroxylation is 1. The van der Waals surface area contributed by atoms with Gasteiger partial charge in [0.05, 0.1) is 0 Å². The van der Waals surface area contributed by atoms with E-state index in [0.717, 1.165) is 17.6 Å². The van der Waals surface area contributed by atoms with Gasteiger partial charge in [-0.1, -0.05) is 30.3 Å². The van der Waals surface area contributed by atoms with E-state index in [0.29, 0.717) is 22.3 Å². The molecule has 0 saturated heterocycles. The van der Waals surface area contributed by atoms with Crippen molar-refractivity contribution in [2.75, 3.05) is 0 Å². The molecule has 6 aromatic rings. The van der Waals surface area contributed by atoms with Crippen molar-refractivity contribution < 1.29 is 38.0 Å². The third kappa shape index (κ3) is 6.24. The normalized spacial score (nSPS) is 11.7. The van der Waals surface area contributed by atoms with Crippen LogP contribution in [0, 0.1) is 17.0 Å². The van der Waals surface area contributed by atoms with Crippen LogP contribution >= 0.6 is 0 Å². The van der Waals surface area contributed by atoms with E-state index in [2.05, 4.69) is 15.0 Å². The summed E-state index contributed by atoms with van der Waals surface area (Å²) in [5.41, 5.74) is 7.55. The highest BCUT2D eigenvalue weighted by molar-refractivity contribution is 5.95.